The van der Waals surface area contributed by atoms with Gasteiger partial charge in [-0.2, -0.15) is 0 Å². The molecule has 112 valence electrons. The van der Waals surface area contributed by atoms with Crippen molar-refractivity contribution in [2.24, 2.45) is 0 Å². The Labute approximate surface area is 121 Å². The first-order valence-electron chi connectivity index (χ1n) is 6.67. The maximum absolute atomic E-state index is 13.4. The van der Waals surface area contributed by atoms with Crippen LogP contribution in [-0.2, 0) is 16.0 Å². The van der Waals surface area contributed by atoms with Gasteiger partial charge in [0.25, 0.3) is 5.91 Å². The van der Waals surface area contributed by atoms with E-state index < -0.39 is 12.1 Å². The number of rotatable bonds is 6. The monoisotopic (exact) mass is 293 g/mol. The summed E-state index contributed by atoms with van der Waals surface area (Å²) in [5, 5.41) is 7.20. The maximum Gasteiger partial charge on any atom is 0.322 e. The number of aryl methyl sites for hydroxylation is 1. The molecule has 1 aromatic carbocycles. The molecule has 1 atom stereocenters. The van der Waals surface area contributed by atoms with E-state index in [1.807, 2.05) is 0 Å². The normalized spacial score (nSPS) is 17.3. The van der Waals surface area contributed by atoms with Crippen molar-refractivity contribution in [1.29, 1.82) is 0 Å². The zero-order chi connectivity index (χ0) is 15.2. The van der Waals surface area contributed by atoms with Crippen LogP contribution in [0.2, 0.25) is 0 Å². The second kappa shape index (κ2) is 6.83. The highest BCUT2D eigenvalue weighted by molar-refractivity contribution is 6.04. The summed E-state index contributed by atoms with van der Waals surface area (Å²) in [7, 11) is 0. The Morgan fingerprint density at radius 3 is 2.71 bits per heavy atom. The summed E-state index contributed by atoms with van der Waals surface area (Å²) in [6, 6.07) is 5.19. The van der Waals surface area contributed by atoms with E-state index in [0.717, 1.165) is 0 Å². The molecule has 1 heterocycles. The molecule has 7 heteroatoms. The number of carbonyl (C=O) groups is 3. The van der Waals surface area contributed by atoms with Crippen LogP contribution in [0.5, 0.6) is 0 Å². The molecule has 1 unspecified atom stereocenters. The zero-order valence-electron chi connectivity index (χ0n) is 11.3. The lowest BCUT2D eigenvalue weighted by Gasteiger charge is -2.08. The molecular formula is C14H16FN3O3. The highest BCUT2D eigenvalue weighted by Gasteiger charge is 2.28. The van der Waals surface area contributed by atoms with Crippen LogP contribution in [0.4, 0.5) is 9.18 Å². The van der Waals surface area contributed by atoms with E-state index in [2.05, 4.69) is 16.0 Å². The predicted octanol–water partition coefficient (Wildman–Crippen LogP) is 0.473. The molecule has 0 spiro atoms. The fourth-order valence-electron chi connectivity index (χ4n) is 2.06. The van der Waals surface area contributed by atoms with E-state index in [1.165, 1.54) is 6.07 Å². The van der Waals surface area contributed by atoms with Gasteiger partial charge in [0, 0.05) is 13.0 Å². The summed E-state index contributed by atoms with van der Waals surface area (Å²) in [5.74, 6) is -0.931. The van der Waals surface area contributed by atoms with E-state index in [9.17, 15) is 18.8 Å². The number of hydrogen-bond acceptors (Lipinski definition) is 3. The number of amides is 4. The molecule has 1 aliphatic heterocycles. The molecule has 0 aliphatic carbocycles. The summed E-state index contributed by atoms with van der Waals surface area (Å²) < 4.78 is 13.4. The minimum atomic E-state index is -0.607. The van der Waals surface area contributed by atoms with E-state index in [-0.39, 0.29) is 30.6 Å². The van der Waals surface area contributed by atoms with Crippen molar-refractivity contribution in [3.63, 3.8) is 0 Å². The lowest BCUT2D eigenvalue weighted by atomic mass is 10.1. The predicted molar refractivity (Wildman–Crippen MR) is 72.8 cm³/mol. The van der Waals surface area contributed by atoms with Crippen LogP contribution in [0.1, 0.15) is 18.4 Å². The Hall–Kier alpha value is -2.44. The Morgan fingerprint density at radius 1 is 1.29 bits per heavy atom. The lowest BCUT2D eigenvalue weighted by Crippen LogP contribution is -2.34. The molecule has 0 bridgehead atoms. The molecule has 1 aromatic rings. The van der Waals surface area contributed by atoms with Crippen molar-refractivity contribution in [2.45, 2.75) is 25.3 Å². The van der Waals surface area contributed by atoms with Crippen LogP contribution in [-0.4, -0.2) is 30.4 Å². The fourth-order valence-corrected chi connectivity index (χ4v) is 2.06. The van der Waals surface area contributed by atoms with Crippen LogP contribution in [0.3, 0.4) is 0 Å². The zero-order valence-corrected chi connectivity index (χ0v) is 11.3. The third kappa shape index (κ3) is 4.27. The quantitative estimate of drug-likeness (QED) is 0.666. The second-order valence-corrected chi connectivity index (χ2v) is 4.75. The third-order valence-electron chi connectivity index (χ3n) is 3.19. The molecule has 1 saturated heterocycles. The van der Waals surface area contributed by atoms with E-state index >= 15 is 0 Å². The van der Waals surface area contributed by atoms with Crippen LogP contribution in [0.25, 0.3) is 0 Å². The van der Waals surface area contributed by atoms with Gasteiger partial charge in [0.05, 0.1) is 0 Å². The van der Waals surface area contributed by atoms with Gasteiger partial charge in [0.2, 0.25) is 5.91 Å². The minimum absolute atomic E-state index is 0.171. The average molecular weight is 293 g/mol. The SMILES string of the molecule is O=C(CCc1ccccc1F)NCCC1NC(=O)NC1=O. The molecule has 0 aromatic heterocycles. The minimum Gasteiger partial charge on any atom is -0.356 e. The van der Waals surface area contributed by atoms with Gasteiger partial charge >= 0.3 is 6.03 Å². The third-order valence-corrected chi connectivity index (χ3v) is 3.19. The van der Waals surface area contributed by atoms with Crippen molar-refractivity contribution in [2.75, 3.05) is 6.54 Å². The summed E-state index contributed by atoms with van der Waals surface area (Å²) in [5.41, 5.74) is 0.495. The van der Waals surface area contributed by atoms with E-state index in [4.69, 9.17) is 0 Å². The van der Waals surface area contributed by atoms with E-state index in [0.29, 0.717) is 18.4 Å². The molecule has 0 saturated carbocycles. The number of imide groups is 1. The number of carbonyl (C=O) groups excluding carboxylic acids is 3. The smallest absolute Gasteiger partial charge is 0.322 e. The summed E-state index contributed by atoms with van der Waals surface area (Å²) in [6.07, 6.45) is 0.812. The topological polar surface area (TPSA) is 87.3 Å². The number of halogens is 1. The second-order valence-electron chi connectivity index (χ2n) is 4.75. The first kappa shape index (κ1) is 15.0. The van der Waals surface area contributed by atoms with Crippen molar-refractivity contribution >= 4 is 17.8 Å². The van der Waals surface area contributed by atoms with Crippen molar-refractivity contribution < 1.29 is 18.8 Å². The first-order valence-corrected chi connectivity index (χ1v) is 6.67. The van der Waals surface area contributed by atoms with Crippen LogP contribution in [0.15, 0.2) is 24.3 Å². The average Bonchev–Trinajstić information content (AvgIpc) is 2.76. The van der Waals surface area contributed by atoms with Crippen LogP contribution in [0, 0.1) is 5.82 Å². The van der Waals surface area contributed by atoms with Crippen LogP contribution < -0.4 is 16.0 Å². The van der Waals surface area contributed by atoms with Crippen molar-refractivity contribution in [1.82, 2.24) is 16.0 Å². The van der Waals surface area contributed by atoms with Gasteiger partial charge in [-0.15, -0.1) is 0 Å². The number of benzene rings is 1. The standard InChI is InChI=1S/C14H16FN3O3/c15-10-4-2-1-3-9(10)5-6-12(19)16-8-7-11-13(20)18-14(21)17-11/h1-4,11H,5-8H2,(H,16,19)(H2,17,18,20,21). The lowest BCUT2D eigenvalue weighted by molar-refractivity contribution is -0.122. The van der Waals surface area contributed by atoms with Gasteiger partial charge in [0.1, 0.15) is 11.9 Å². The number of nitrogens with one attached hydrogen (secondary N) is 3. The molecule has 1 aliphatic rings. The summed E-state index contributed by atoms with van der Waals surface area (Å²) >= 11 is 0. The Kier molecular flexibility index (Phi) is 4.86. The molecular weight excluding hydrogens is 277 g/mol. The number of hydrogen-bond donors (Lipinski definition) is 3. The van der Waals surface area contributed by atoms with E-state index in [1.54, 1.807) is 18.2 Å². The molecule has 2 rings (SSSR count). The van der Waals surface area contributed by atoms with Gasteiger partial charge in [-0.25, -0.2) is 9.18 Å². The Bertz CT molecular complexity index is 562. The maximum atomic E-state index is 13.4. The fraction of sp³-hybridized carbons (Fsp3) is 0.357. The van der Waals surface area contributed by atoms with Gasteiger partial charge in [0.15, 0.2) is 0 Å². The van der Waals surface area contributed by atoms with Gasteiger partial charge in [-0.1, -0.05) is 18.2 Å². The van der Waals surface area contributed by atoms with Crippen molar-refractivity contribution in [3.05, 3.63) is 35.6 Å². The largest absolute Gasteiger partial charge is 0.356 e. The first-order chi connectivity index (χ1) is 10.1. The number of urea groups is 1. The highest BCUT2D eigenvalue weighted by Crippen LogP contribution is 2.08. The molecule has 4 amide bonds. The van der Waals surface area contributed by atoms with Gasteiger partial charge < -0.3 is 10.6 Å². The molecule has 3 N–H and O–H groups in total. The van der Waals surface area contributed by atoms with Crippen molar-refractivity contribution in [3.8, 4) is 0 Å². The Balaban J connectivity index is 1.67. The molecule has 1 fully saturated rings. The van der Waals surface area contributed by atoms with Gasteiger partial charge in [-0.05, 0) is 24.5 Å². The Morgan fingerprint density at radius 2 is 2.05 bits per heavy atom. The summed E-state index contributed by atoms with van der Waals surface area (Å²) in [6.45, 7) is 0.272. The summed E-state index contributed by atoms with van der Waals surface area (Å²) in [4.78, 5) is 33.8. The van der Waals surface area contributed by atoms with Crippen LogP contribution >= 0.6 is 0 Å². The highest BCUT2D eigenvalue weighted by atomic mass is 19.1. The molecule has 0 radical (unpaired) electrons. The molecule has 21 heavy (non-hydrogen) atoms. The molecule has 6 nitrogen and oxygen atoms in total. The van der Waals surface area contributed by atoms with Gasteiger partial charge in [-0.3, -0.25) is 14.9 Å².